The van der Waals surface area contributed by atoms with Crippen LogP contribution >= 0.6 is 12.6 Å². The molecule has 0 radical (unpaired) electrons. The summed E-state index contributed by atoms with van der Waals surface area (Å²) in [4.78, 5) is 2.35. The van der Waals surface area contributed by atoms with E-state index >= 15 is 0 Å². The van der Waals surface area contributed by atoms with E-state index in [9.17, 15) is 0 Å². The summed E-state index contributed by atoms with van der Waals surface area (Å²) in [5, 5.41) is 0. The van der Waals surface area contributed by atoms with E-state index in [0.717, 1.165) is 12.3 Å². The monoisotopic (exact) mass is 161 g/mol. The lowest BCUT2D eigenvalue weighted by Crippen LogP contribution is -2.38. The summed E-state index contributed by atoms with van der Waals surface area (Å²) in [6.45, 7) is 7.83. The van der Waals surface area contributed by atoms with Crippen LogP contribution in [0.4, 0.5) is 0 Å². The van der Waals surface area contributed by atoms with Gasteiger partial charge in [-0.05, 0) is 46.5 Å². The molecule has 0 aliphatic carbocycles. The molecule has 0 unspecified atom stereocenters. The predicted octanol–water partition coefficient (Wildman–Crippen LogP) is 2.04. The van der Waals surface area contributed by atoms with Crippen LogP contribution < -0.4 is 0 Å². The molecule has 0 aromatic carbocycles. The Hall–Kier alpha value is 0.310. The molecule has 0 fully saturated rings. The SMILES string of the molecule is CN(CCCS)C(C)(C)C. The first kappa shape index (κ1) is 10.3. The Balaban J connectivity index is 3.52. The Morgan fingerprint density at radius 3 is 2.10 bits per heavy atom. The fourth-order valence-electron chi connectivity index (χ4n) is 0.643. The van der Waals surface area contributed by atoms with E-state index in [1.165, 1.54) is 6.42 Å². The van der Waals surface area contributed by atoms with Crippen molar-refractivity contribution in [2.75, 3.05) is 19.3 Å². The van der Waals surface area contributed by atoms with Gasteiger partial charge in [0, 0.05) is 5.54 Å². The van der Waals surface area contributed by atoms with Gasteiger partial charge in [0.15, 0.2) is 0 Å². The van der Waals surface area contributed by atoms with Crippen molar-refractivity contribution in [1.29, 1.82) is 0 Å². The van der Waals surface area contributed by atoms with Gasteiger partial charge in [-0.25, -0.2) is 0 Å². The maximum absolute atomic E-state index is 4.16. The number of hydrogen-bond acceptors (Lipinski definition) is 2. The van der Waals surface area contributed by atoms with E-state index in [1.54, 1.807) is 0 Å². The molecule has 0 aliphatic heterocycles. The highest BCUT2D eigenvalue weighted by Gasteiger charge is 2.15. The van der Waals surface area contributed by atoms with Crippen LogP contribution in [0.25, 0.3) is 0 Å². The summed E-state index contributed by atoms with van der Waals surface area (Å²) >= 11 is 4.16. The first-order valence-corrected chi connectivity index (χ1v) is 4.44. The zero-order valence-corrected chi connectivity index (χ0v) is 8.41. The lowest BCUT2D eigenvalue weighted by atomic mass is 10.1. The van der Waals surface area contributed by atoms with Crippen molar-refractivity contribution in [2.45, 2.75) is 32.7 Å². The zero-order valence-electron chi connectivity index (χ0n) is 7.52. The first-order chi connectivity index (χ1) is 4.48. The summed E-state index contributed by atoms with van der Waals surface area (Å²) < 4.78 is 0. The smallest absolute Gasteiger partial charge is 0.0122 e. The Morgan fingerprint density at radius 1 is 1.30 bits per heavy atom. The fourth-order valence-corrected chi connectivity index (χ4v) is 0.785. The minimum atomic E-state index is 0.308. The van der Waals surface area contributed by atoms with Gasteiger partial charge in [0.25, 0.3) is 0 Å². The van der Waals surface area contributed by atoms with Crippen molar-refractivity contribution < 1.29 is 0 Å². The number of hydrogen-bond donors (Lipinski definition) is 1. The van der Waals surface area contributed by atoms with Crippen molar-refractivity contribution in [3.05, 3.63) is 0 Å². The average molecular weight is 161 g/mol. The van der Waals surface area contributed by atoms with Crippen LogP contribution in [0.3, 0.4) is 0 Å². The largest absolute Gasteiger partial charge is 0.301 e. The maximum Gasteiger partial charge on any atom is 0.0122 e. The van der Waals surface area contributed by atoms with Gasteiger partial charge < -0.3 is 4.90 Å². The fraction of sp³-hybridized carbons (Fsp3) is 1.00. The summed E-state index contributed by atoms with van der Waals surface area (Å²) in [5.74, 6) is 0.987. The summed E-state index contributed by atoms with van der Waals surface area (Å²) in [6.07, 6.45) is 1.18. The van der Waals surface area contributed by atoms with Gasteiger partial charge in [-0.1, -0.05) is 0 Å². The molecule has 0 aliphatic rings. The first-order valence-electron chi connectivity index (χ1n) is 3.80. The molecular formula is C8H19NS. The minimum Gasteiger partial charge on any atom is -0.301 e. The molecule has 0 saturated heterocycles. The second-order valence-electron chi connectivity index (χ2n) is 3.67. The van der Waals surface area contributed by atoms with Crippen LogP contribution in [-0.2, 0) is 0 Å². The summed E-state index contributed by atoms with van der Waals surface area (Å²) in [6, 6.07) is 0. The quantitative estimate of drug-likeness (QED) is 0.620. The van der Waals surface area contributed by atoms with Crippen molar-refractivity contribution in [3.63, 3.8) is 0 Å². The van der Waals surface area contributed by atoms with Crippen molar-refractivity contribution >= 4 is 12.6 Å². The highest BCUT2D eigenvalue weighted by molar-refractivity contribution is 7.80. The Labute approximate surface area is 70.2 Å². The molecule has 0 atom stereocenters. The molecule has 0 rings (SSSR count). The van der Waals surface area contributed by atoms with E-state index < -0.39 is 0 Å². The average Bonchev–Trinajstić information content (AvgIpc) is 1.80. The van der Waals surface area contributed by atoms with Gasteiger partial charge in [0.05, 0.1) is 0 Å². The molecule has 0 spiro atoms. The topological polar surface area (TPSA) is 3.24 Å². The van der Waals surface area contributed by atoms with Crippen LogP contribution in [0.15, 0.2) is 0 Å². The lowest BCUT2D eigenvalue weighted by molar-refractivity contribution is 0.177. The molecule has 10 heavy (non-hydrogen) atoms. The molecule has 0 bridgehead atoms. The van der Waals surface area contributed by atoms with E-state index in [0.29, 0.717) is 5.54 Å². The number of thiol groups is 1. The minimum absolute atomic E-state index is 0.308. The summed E-state index contributed by atoms with van der Waals surface area (Å²) in [7, 11) is 2.16. The van der Waals surface area contributed by atoms with E-state index in [1.807, 2.05) is 0 Å². The Bertz CT molecular complexity index is 85.7. The van der Waals surface area contributed by atoms with Gasteiger partial charge in [-0.3, -0.25) is 0 Å². The molecule has 0 aromatic heterocycles. The molecule has 0 heterocycles. The lowest BCUT2D eigenvalue weighted by Gasteiger charge is -2.31. The third-order valence-corrected chi connectivity index (χ3v) is 2.11. The molecule has 62 valence electrons. The molecule has 0 aromatic rings. The van der Waals surface area contributed by atoms with Gasteiger partial charge in [0.1, 0.15) is 0 Å². The Kier molecular flexibility index (Phi) is 4.37. The van der Waals surface area contributed by atoms with Crippen LogP contribution in [0.2, 0.25) is 0 Å². The second kappa shape index (κ2) is 4.24. The standard InChI is InChI=1S/C8H19NS/c1-8(2,3)9(4)6-5-7-10/h10H,5-7H2,1-4H3. The maximum atomic E-state index is 4.16. The normalized spacial score (nSPS) is 12.6. The number of nitrogens with zero attached hydrogens (tertiary/aromatic N) is 1. The van der Waals surface area contributed by atoms with E-state index in [4.69, 9.17) is 0 Å². The van der Waals surface area contributed by atoms with Gasteiger partial charge in [-0.2, -0.15) is 12.6 Å². The van der Waals surface area contributed by atoms with E-state index in [2.05, 4.69) is 45.3 Å². The van der Waals surface area contributed by atoms with Gasteiger partial charge in [0.2, 0.25) is 0 Å². The third-order valence-electron chi connectivity index (χ3n) is 1.80. The van der Waals surface area contributed by atoms with Gasteiger partial charge in [-0.15, -0.1) is 0 Å². The van der Waals surface area contributed by atoms with Gasteiger partial charge >= 0.3 is 0 Å². The van der Waals surface area contributed by atoms with Crippen molar-refractivity contribution in [2.24, 2.45) is 0 Å². The van der Waals surface area contributed by atoms with Crippen LogP contribution in [-0.4, -0.2) is 29.8 Å². The molecule has 0 N–H and O–H groups in total. The zero-order chi connectivity index (χ0) is 8.20. The number of rotatable bonds is 3. The molecule has 1 nitrogen and oxygen atoms in total. The summed E-state index contributed by atoms with van der Waals surface area (Å²) in [5.41, 5.74) is 0.308. The molecular weight excluding hydrogens is 142 g/mol. The van der Waals surface area contributed by atoms with Crippen molar-refractivity contribution in [3.8, 4) is 0 Å². The third kappa shape index (κ3) is 4.18. The van der Waals surface area contributed by atoms with Crippen LogP contribution in [0.1, 0.15) is 27.2 Å². The van der Waals surface area contributed by atoms with Crippen LogP contribution in [0.5, 0.6) is 0 Å². The van der Waals surface area contributed by atoms with Crippen molar-refractivity contribution in [1.82, 2.24) is 4.90 Å². The predicted molar refractivity (Wildman–Crippen MR) is 50.9 cm³/mol. The Morgan fingerprint density at radius 2 is 1.80 bits per heavy atom. The highest BCUT2D eigenvalue weighted by Crippen LogP contribution is 2.10. The highest BCUT2D eigenvalue weighted by atomic mass is 32.1. The molecule has 0 amide bonds. The van der Waals surface area contributed by atoms with Crippen LogP contribution in [0, 0.1) is 0 Å². The molecule has 0 saturated carbocycles. The molecule has 2 heteroatoms. The van der Waals surface area contributed by atoms with E-state index in [-0.39, 0.29) is 0 Å². The second-order valence-corrected chi connectivity index (χ2v) is 4.12.